The summed E-state index contributed by atoms with van der Waals surface area (Å²) in [5, 5.41) is 3.10. The van der Waals surface area contributed by atoms with Crippen molar-refractivity contribution in [1.82, 2.24) is 0 Å². The van der Waals surface area contributed by atoms with E-state index >= 15 is 0 Å². The number of quaternary nitrogens is 1. The van der Waals surface area contributed by atoms with Crippen molar-refractivity contribution in [2.45, 2.75) is 33.2 Å². The van der Waals surface area contributed by atoms with Crippen molar-refractivity contribution in [1.29, 1.82) is 0 Å². The Morgan fingerprint density at radius 2 is 1.76 bits per heavy atom. The molecule has 0 bridgehead atoms. The lowest BCUT2D eigenvalue weighted by atomic mass is 9.91. The van der Waals surface area contributed by atoms with E-state index in [1.807, 2.05) is 12.1 Å². The highest BCUT2D eigenvalue weighted by Gasteiger charge is 2.32. The molecule has 2 aliphatic heterocycles. The van der Waals surface area contributed by atoms with Crippen LogP contribution in [0.5, 0.6) is 0 Å². The van der Waals surface area contributed by atoms with Crippen LogP contribution in [0.4, 0.5) is 11.4 Å². The molecule has 5 nitrogen and oxygen atoms in total. The Kier molecular flexibility index (Phi) is 5.97. The van der Waals surface area contributed by atoms with E-state index in [4.69, 9.17) is 4.74 Å². The van der Waals surface area contributed by atoms with Crippen LogP contribution < -0.4 is 15.1 Å². The first-order chi connectivity index (χ1) is 12.0. The Morgan fingerprint density at radius 1 is 1.16 bits per heavy atom. The van der Waals surface area contributed by atoms with Crippen LogP contribution in [0.15, 0.2) is 24.3 Å². The van der Waals surface area contributed by atoms with E-state index in [-0.39, 0.29) is 11.9 Å². The zero-order chi connectivity index (χ0) is 17.8. The van der Waals surface area contributed by atoms with Gasteiger partial charge in [-0.1, -0.05) is 13.8 Å². The molecule has 0 aromatic heterocycles. The molecule has 0 unspecified atom stereocenters. The van der Waals surface area contributed by atoms with Gasteiger partial charge in [0.25, 0.3) is 5.91 Å². The highest BCUT2D eigenvalue weighted by molar-refractivity contribution is 5.93. The van der Waals surface area contributed by atoms with Crippen LogP contribution in [-0.2, 0) is 9.53 Å². The van der Waals surface area contributed by atoms with Gasteiger partial charge in [-0.2, -0.15) is 0 Å². The zero-order valence-corrected chi connectivity index (χ0v) is 15.8. The third-order valence-electron chi connectivity index (χ3n) is 5.54. The molecular formula is C20H32N3O2+. The van der Waals surface area contributed by atoms with Crippen molar-refractivity contribution in [3.63, 3.8) is 0 Å². The van der Waals surface area contributed by atoms with Gasteiger partial charge < -0.3 is 19.9 Å². The van der Waals surface area contributed by atoms with Gasteiger partial charge in [-0.3, -0.25) is 4.79 Å². The van der Waals surface area contributed by atoms with Crippen LogP contribution in [0, 0.1) is 11.8 Å². The highest BCUT2D eigenvalue weighted by Crippen LogP contribution is 2.19. The van der Waals surface area contributed by atoms with Crippen LogP contribution >= 0.6 is 0 Å². The van der Waals surface area contributed by atoms with Gasteiger partial charge >= 0.3 is 0 Å². The smallest absolute Gasteiger partial charge is 0.282 e. The number of likely N-dealkylation sites (tertiary alicyclic amines) is 1. The summed E-state index contributed by atoms with van der Waals surface area (Å²) >= 11 is 0. The normalized spacial score (nSPS) is 28.4. The maximum atomic E-state index is 12.7. The number of morpholine rings is 1. The number of nitrogens with zero attached hydrogens (tertiary/aromatic N) is 1. The quantitative estimate of drug-likeness (QED) is 0.867. The van der Waals surface area contributed by atoms with Crippen LogP contribution in [0.2, 0.25) is 0 Å². The Balaban J connectivity index is 1.56. The molecule has 0 aliphatic carbocycles. The summed E-state index contributed by atoms with van der Waals surface area (Å²) in [6.07, 6.45) is 1.28. The van der Waals surface area contributed by atoms with Gasteiger partial charge in [0.15, 0.2) is 6.04 Å². The second-order valence-corrected chi connectivity index (χ2v) is 7.87. The summed E-state index contributed by atoms with van der Waals surface area (Å²) < 4.78 is 5.40. The molecule has 0 saturated carbocycles. The molecule has 3 rings (SSSR count). The summed E-state index contributed by atoms with van der Waals surface area (Å²) in [5.41, 5.74) is 2.07. The maximum absolute atomic E-state index is 12.7. The van der Waals surface area contributed by atoms with Gasteiger partial charge in [0.1, 0.15) is 0 Å². The lowest BCUT2D eigenvalue weighted by Gasteiger charge is -2.35. The molecule has 2 fully saturated rings. The number of benzene rings is 1. The molecule has 1 aromatic carbocycles. The fourth-order valence-corrected chi connectivity index (χ4v) is 4.20. The van der Waals surface area contributed by atoms with Gasteiger partial charge in [0, 0.05) is 36.3 Å². The van der Waals surface area contributed by atoms with E-state index in [1.54, 1.807) is 0 Å². The van der Waals surface area contributed by atoms with Crippen molar-refractivity contribution in [3.8, 4) is 0 Å². The Bertz CT molecular complexity index is 559. The van der Waals surface area contributed by atoms with Gasteiger partial charge in [-0.15, -0.1) is 0 Å². The first-order valence-electron chi connectivity index (χ1n) is 9.61. The Labute approximate surface area is 151 Å². The van der Waals surface area contributed by atoms with Crippen molar-refractivity contribution in [3.05, 3.63) is 24.3 Å². The van der Waals surface area contributed by atoms with Gasteiger partial charge in [0.05, 0.1) is 26.3 Å². The van der Waals surface area contributed by atoms with Crippen molar-refractivity contribution >= 4 is 17.3 Å². The third-order valence-corrected chi connectivity index (χ3v) is 5.54. The van der Waals surface area contributed by atoms with E-state index in [2.05, 4.69) is 43.1 Å². The second kappa shape index (κ2) is 8.19. The van der Waals surface area contributed by atoms with Gasteiger partial charge in [-0.25, -0.2) is 0 Å². The van der Waals surface area contributed by atoms with Crippen molar-refractivity contribution in [2.24, 2.45) is 11.8 Å². The van der Waals surface area contributed by atoms with Gasteiger partial charge in [-0.05, 0) is 37.6 Å². The molecule has 0 radical (unpaired) electrons. The second-order valence-electron chi connectivity index (χ2n) is 7.87. The van der Waals surface area contributed by atoms with E-state index in [1.165, 1.54) is 17.0 Å². The molecule has 2 saturated heterocycles. The van der Waals surface area contributed by atoms with Crippen molar-refractivity contribution < 1.29 is 14.4 Å². The minimum Gasteiger partial charge on any atom is -0.378 e. The highest BCUT2D eigenvalue weighted by atomic mass is 16.5. The van der Waals surface area contributed by atoms with Crippen LogP contribution in [0.25, 0.3) is 0 Å². The van der Waals surface area contributed by atoms with E-state index in [9.17, 15) is 4.79 Å². The summed E-state index contributed by atoms with van der Waals surface area (Å²) in [6.45, 7) is 12.3. The van der Waals surface area contributed by atoms with E-state index < -0.39 is 0 Å². The first kappa shape index (κ1) is 18.2. The lowest BCUT2D eigenvalue weighted by Crippen LogP contribution is -3.18. The SMILES string of the molecule is C[C@H]1C[C@H](C)C[NH+]([C@@H](C)C(=O)Nc2ccc(N3CCOCC3)cc2)C1. The molecule has 1 aromatic rings. The summed E-state index contributed by atoms with van der Waals surface area (Å²) in [5.74, 6) is 1.51. The molecule has 138 valence electrons. The van der Waals surface area contributed by atoms with Gasteiger partial charge in [0.2, 0.25) is 0 Å². The van der Waals surface area contributed by atoms with Crippen LogP contribution in [-0.4, -0.2) is 51.3 Å². The molecule has 1 amide bonds. The van der Waals surface area contributed by atoms with E-state index in [0.29, 0.717) is 11.8 Å². The number of piperidine rings is 1. The molecule has 5 heteroatoms. The number of carbonyl (C=O) groups is 1. The predicted octanol–water partition coefficient (Wildman–Crippen LogP) is 1.41. The Morgan fingerprint density at radius 3 is 2.36 bits per heavy atom. The third kappa shape index (κ3) is 4.73. The van der Waals surface area contributed by atoms with Crippen LogP contribution in [0.1, 0.15) is 27.2 Å². The number of anilines is 2. The molecule has 3 atom stereocenters. The molecule has 2 aliphatic rings. The fourth-order valence-electron chi connectivity index (χ4n) is 4.20. The van der Waals surface area contributed by atoms with Crippen LogP contribution in [0.3, 0.4) is 0 Å². The minimum atomic E-state index is -0.0101. The average molecular weight is 346 g/mol. The first-order valence-corrected chi connectivity index (χ1v) is 9.61. The number of rotatable bonds is 4. The average Bonchev–Trinajstić information content (AvgIpc) is 2.61. The maximum Gasteiger partial charge on any atom is 0.282 e. The number of hydrogen-bond donors (Lipinski definition) is 2. The number of amides is 1. The Hall–Kier alpha value is -1.59. The zero-order valence-electron chi connectivity index (χ0n) is 15.8. The molecule has 2 N–H and O–H groups in total. The largest absolute Gasteiger partial charge is 0.378 e. The standard InChI is InChI=1S/C20H31N3O2/c1-15-12-16(2)14-23(13-15)17(3)20(24)21-18-4-6-19(7-5-18)22-8-10-25-11-9-22/h4-7,15-17H,8-14H2,1-3H3,(H,21,24)/p+1/t15-,16-,17-/m0/s1. The minimum absolute atomic E-state index is 0.0101. The summed E-state index contributed by atoms with van der Waals surface area (Å²) in [7, 11) is 0. The predicted molar refractivity (Wildman–Crippen MR) is 101 cm³/mol. The van der Waals surface area contributed by atoms with Crippen molar-refractivity contribution in [2.75, 3.05) is 49.6 Å². The lowest BCUT2D eigenvalue weighted by molar-refractivity contribution is -0.925. The molecular weight excluding hydrogens is 314 g/mol. The molecule has 0 spiro atoms. The number of carbonyl (C=O) groups excluding carboxylic acids is 1. The number of nitrogens with one attached hydrogen (secondary N) is 2. The monoisotopic (exact) mass is 346 g/mol. The fraction of sp³-hybridized carbons (Fsp3) is 0.650. The molecule has 2 heterocycles. The van der Waals surface area contributed by atoms with E-state index in [0.717, 1.165) is 45.1 Å². The summed E-state index contributed by atoms with van der Waals surface area (Å²) in [4.78, 5) is 16.4. The molecule has 25 heavy (non-hydrogen) atoms. The summed E-state index contributed by atoms with van der Waals surface area (Å²) in [6, 6.07) is 8.18. The topological polar surface area (TPSA) is 46.0 Å². The number of hydrogen-bond acceptors (Lipinski definition) is 3. The number of ether oxygens (including phenoxy) is 1.